The summed E-state index contributed by atoms with van der Waals surface area (Å²) in [6.45, 7) is 0.516. The highest BCUT2D eigenvalue weighted by Gasteiger charge is 2.18. The van der Waals surface area contributed by atoms with Crippen LogP contribution in [0.3, 0.4) is 0 Å². The molecule has 2 rings (SSSR count). The first-order valence-corrected chi connectivity index (χ1v) is 5.66. The number of halogens is 1. The standard InChI is InChI=1S/C13H18FN3/c1-16(2)12(7-15)10-8-17(3)13-9(10)5-4-6-11(13)14/h4-6,8,12H,7,15H2,1-3H3. The van der Waals surface area contributed by atoms with Crippen molar-refractivity contribution in [3.05, 3.63) is 35.8 Å². The number of nitrogens with zero attached hydrogens (tertiary/aromatic N) is 2. The number of hydrogen-bond donors (Lipinski definition) is 1. The van der Waals surface area contributed by atoms with Crippen LogP contribution in [0.15, 0.2) is 24.4 Å². The second-order valence-corrected chi connectivity index (χ2v) is 4.55. The van der Waals surface area contributed by atoms with E-state index in [1.807, 2.05) is 38.0 Å². The van der Waals surface area contributed by atoms with Crippen molar-refractivity contribution in [2.75, 3.05) is 20.6 Å². The van der Waals surface area contributed by atoms with Crippen LogP contribution in [0.5, 0.6) is 0 Å². The number of fused-ring (bicyclic) bond motifs is 1. The first kappa shape index (κ1) is 12.1. The van der Waals surface area contributed by atoms with Gasteiger partial charge in [0.25, 0.3) is 0 Å². The smallest absolute Gasteiger partial charge is 0.147 e. The van der Waals surface area contributed by atoms with E-state index in [1.54, 1.807) is 6.07 Å². The van der Waals surface area contributed by atoms with Crippen molar-refractivity contribution in [2.24, 2.45) is 12.8 Å². The van der Waals surface area contributed by atoms with E-state index in [2.05, 4.69) is 4.90 Å². The number of benzene rings is 1. The van der Waals surface area contributed by atoms with Crippen LogP contribution in [0, 0.1) is 5.82 Å². The van der Waals surface area contributed by atoms with Crippen molar-refractivity contribution in [2.45, 2.75) is 6.04 Å². The topological polar surface area (TPSA) is 34.2 Å². The Morgan fingerprint density at radius 3 is 2.71 bits per heavy atom. The molecule has 0 bridgehead atoms. The first-order chi connectivity index (χ1) is 8.06. The zero-order valence-corrected chi connectivity index (χ0v) is 10.4. The predicted octanol–water partition coefficient (Wildman–Crippen LogP) is 1.88. The van der Waals surface area contributed by atoms with Crippen LogP contribution in [0.4, 0.5) is 4.39 Å². The minimum Gasteiger partial charge on any atom is -0.348 e. The van der Waals surface area contributed by atoms with Crippen LogP contribution >= 0.6 is 0 Å². The van der Waals surface area contributed by atoms with E-state index in [1.165, 1.54) is 6.07 Å². The lowest BCUT2D eigenvalue weighted by molar-refractivity contribution is 0.307. The zero-order chi connectivity index (χ0) is 12.6. The van der Waals surface area contributed by atoms with Crippen molar-refractivity contribution in [1.29, 1.82) is 0 Å². The Morgan fingerprint density at radius 2 is 2.12 bits per heavy atom. The molecular formula is C13H18FN3. The molecule has 1 heterocycles. The van der Waals surface area contributed by atoms with Crippen LogP contribution < -0.4 is 5.73 Å². The summed E-state index contributed by atoms with van der Waals surface area (Å²) in [5.41, 5.74) is 7.52. The molecule has 0 aliphatic rings. The lowest BCUT2D eigenvalue weighted by Gasteiger charge is -2.22. The first-order valence-electron chi connectivity index (χ1n) is 5.66. The number of nitrogens with two attached hydrogens (primary N) is 1. The fourth-order valence-electron chi connectivity index (χ4n) is 2.33. The zero-order valence-electron chi connectivity index (χ0n) is 10.4. The minimum atomic E-state index is -0.189. The average molecular weight is 235 g/mol. The Balaban J connectivity index is 2.67. The van der Waals surface area contributed by atoms with Gasteiger partial charge >= 0.3 is 0 Å². The molecule has 0 aliphatic heterocycles. The summed E-state index contributed by atoms with van der Waals surface area (Å²) >= 11 is 0. The highest BCUT2D eigenvalue weighted by atomic mass is 19.1. The molecule has 0 fully saturated rings. The largest absolute Gasteiger partial charge is 0.348 e. The Labute approximate surface area is 101 Å². The maximum atomic E-state index is 13.8. The van der Waals surface area contributed by atoms with Crippen LogP contribution in [0.2, 0.25) is 0 Å². The molecule has 2 aromatic rings. The van der Waals surface area contributed by atoms with Gasteiger partial charge in [0.15, 0.2) is 0 Å². The SMILES string of the molecule is CN(C)C(CN)c1cn(C)c2c(F)cccc12. The summed E-state index contributed by atoms with van der Waals surface area (Å²) in [5, 5.41) is 0.941. The maximum Gasteiger partial charge on any atom is 0.147 e. The van der Waals surface area contributed by atoms with Gasteiger partial charge in [0.2, 0.25) is 0 Å². The molecule has 1 aromatic carbocycles. The fourth-order valence-corrected chi connectivity index (χ4v) is 2.33. The van der Waals surface area contributed by atoms with Gasteiger partial charge in [0.05, 0.1) is 5.52 Å². The van der Waals surface area contributed by atoms with Gasteiger partial charge in [-0.15, -0.1) is 0 Å². The van der Waals surface area contributed by atoms with Crippen molar-refractivity contribution in [1.82, 2.24) is 9.47 Å². The number of para-hydroxylation sites is 1. The highest BCUT2D eigenvalue weighted by molar-refractivity contribution is 5.85. The van der Waals surface area contributed by atoms with Crippen molar-refractivity contribution < 1.29 is 4.39 Å². The van der Waals surface area contributed by atoms with E-state index in [0.717, 1.165) is 10.9 Å². The summed E-state index contributed by atoms with van der Waals surface area (Å²) in [6, 6.07) is 5.28. The van der Waals surface area contributed by atoms with Gasteiger partial charge in [-0.05, 0) is 25.7 Å². The second kappa shape index (κ2) is 4.47. The third kappa shape index (κ3) is 1.94. The summed E-state index contributed by atoms with van der Waals surface area (Å²) in [6.07, 6.45) is 1.96. The Morgan fingerprint density at radius 1 is 1.41 bits per heavy atom. The second-order valence-electron chi connectivity index (χ2n) is 4.55. The Bertz CT molecular complexity index is 531. The van der Waals surface area contributed by atoms with Gasteiger partial charge in [-0.1, -0.05) is 12.1 Å². The molecule has 2 N–H and O–H groups in total. The molecule has 0 aliphatic carbocycles. The van der Waals surface area contributed by atoms with E-state index in [0.29, 0.717) is 12.1 Å². The van der Waals surface area contributed by atoms with Crippen molar-refractivity contribution >= 4 is 10.9 Å². The molecule has 1 aromatic heterocycles. The fraction of sp³-hybridized carbons (Fsp3) is 0.385. The molecule has 0 saturated carbocycles. The van der Waals surface area contributed by atoms with Crippen LogP contribution in [-0.4, -0.2) is 30.1 Å². The highest BCUT2D eigenvalue weighted by Crippen LogP contribution is 2.29. The monoisotopic (exact) mass is 235 g/mol. The van der Waals surface area contributed by atoms with E-state index < -0.39 is 0 Å². The lowest BCUT2D eigenvalue weighted by Crippen LogP contribution is -2.26. The minimum absolute atomic E-state index is 0.112. The summed E-state index contributed by atoms with van der Waals surface area (Å²) in [7, 11) is 5.82. The molecular weight excluding hydrogens is 217 g/mol. The van der Waals surface area contributed by atoms with Gasteiger partial charge in [-0.2, -0.15) is 0 Å². The number of hydrogen-bond acceptors (Lipinski definition) is 2. The van der Waals surface area contributed by atoms with E-state index >= 15 is 0 Å². The summed E-state index contributed by atoms with van der Waals surface area (Å²) in [5.74, 6) is -0.189. The van der Waals surface area contributed by atoms with Crippen LogP contribution in [0.1, 0.15) is 11.6 Å². The molecule has 3 nitrogen and oxygen atoms in total. The number of aryl methyl sites for hydroxylation is 1. The third-order valence-corrected chi connectivity index (χ3v) is 3.19. The summed E-state index contributed by atoms with van der Waals surface area (Å²) < 4.78 is 15.6. The quantitative estimate of drug-likeness (QED) is 0.881. The Hall–Kier alpha value is -1.39. The average Bonchev–Trinajstić information content (AvgIpc) is 2.58. The van der Waals surface area contributed by atoms with Crippen LogP contribution in [0.25, 0.3) is 10.9 Å². The third-order valence-electron chi connectivity index (χ3n) is 3.19. The van der Waals surface area contributed by atoms with E-state index in [4.69, 9.17) is 5.73 Å². The molecule has 0 spiro atoms. The molecule has 92 valence electrons. The molecule has 0 amide bonds. The number of rotatable bonds is 3. The van der Waals surface area contributed by atoms with Gasteiger partial charge in [-0.3, -0.25) is 0 Å². The lowest BCUT2D eigenvalue weighted by atomic mass is 10.1. The van der Waals surface area contributed by atoms with E-state index in [9.17, 15) is 4.39 Å². The van der Waals surface area contributed by atoms with Gasteiger partial charge in [0.1, 0.15) is 5.82 Å². The molecule has 0 saturated heterocycles. The molecule has 1 atom stereocenters. The molecule has 4 heteroatoms. The van der Waals surface area contributed by atoms with Crippen molar-refractivity contribution in [3.63, 3.8) is 0 Å². The van der Waals surface area contributed by atoms with Crippen molar-refractivity contribution in [3.8, 4) is 0 Å². The van der Waals surface area contributed by atoms with Gasteiger partial charge < -0.3 is 15.2 Å². The summed E-state index contributed by atoms with van der Waals surface area (Å²) in [4.78, 5) is 2.06. The van der Waals surface area contributed by atoms with Gasteiger partial charge in [-0.25, -0.2) is 4.39 Å². The maximum absolute atomic E-state index is 13.8. The van der Waals surface area contributed by atoms with Crippen LogP contribution in [-0.2, 0) is 7.05 Å². The molecule has 1 unspecified atom stereocenters. The number of likely N-dealkylation sites (N-methyl/N-ethyl adjacent to an activating group) is 1. The predicted molar refractivity (Wildman–Crippen MR) is 68.4 cm³/mol. The van der Waals surface area contributed by atoms with E-state index in [-0.39, 0.29) is 11.9 Å². The number of aromatic nitrogens is 1. The molecule has 17 heavy (non-hydrogen) atoms. The normalized spacial score (nSPS) is 13.5. The molecule has 0 radical (unpaired) electrons. The Kier molecular flexibility index (Phi) is 3.17. The van der Waals surface area contributed by atoms with Gasteiger partial charge in [0, 0.05) is 31.2 Å².